The third-order valence-corrected chi connectivity index (χ3v) is 5.91. The lowest BCUT2D eigenvalue weighted by Gasteiger charge is -2.18. The summed E-state index contributed by atoms with van der Waals surface area (Å²) in [6, 6.07) is 20.8. The van der Waals surface area contributed by atoms with Gasteiger partial charge in [0.25, 0.3) is 5.56 Å². The Labute approximate surface area is 193 Å². The van der Waals surface area contributed by atoms with Gasteiger partial charge in [-0.3, -0.25) is 9.59 Å². The van der Waals surface area contributed by atoms with Crippen LogP contribution in [0.5, 0.6) is 5.75 Å². The van der Waals surface area contributed by atoms with E-state index in [4.69, 9.17) is 0 Å². The zero-order chi connectivity index (χ0) is 23.7. The predicted octanol–water partition coefficient (Wildman–Crippen LogP) is 5.01. The van der Waals surface area contributed by atoms with Gasteiger partial charge in [0, 0.05) is 41.1 Å². The molecule has 1 fully saturated rings. The van der Waals surface area contributed by atoms with Crippen molar-refractivity contribution in [1.29, 1.82) is 0 Å². The number of H-pyrrole nitrogens is 1. The number of benzene rings is 3. The summed E-state index contributed by atoms with van der Waals surface area (Å²) in [5, 5.41) is 4.60. The second kappa shape index (κ2) is 8.97. The Hall–Kier alpha value is -4.20. The molecule has 4 aromatic rings. The second-order valence-corrected chi connectivity index (χ2v) is 8.01. The third kappa shape index (κ3) is 4.22. The normalized spacial score (nSPS) is 15.8. The van der Waals surface area contributed by atoms with Gasteiger partial charge >= 0.3 is 6.61 Å². The molecule has 1 atom stereocenters. The Bertz CT molecular complexity index is 1400. The number of aromatic amines is 1. The van der Waals surface area contributed by atoms with Gasteiger partial charge in [0.2, 0.25) is 5.91 Å². The maximum Gasteiger partial charge on any atom is 0.387 e. The number of rotatable bonds is 6. The monoisotopic (exact) mass is 461 g/mol. The molecule has 1 unspecified atom stereocenters. The highest BCUT2D eigenvalue weighted by atomic mass is 19.3. The molecule has 0 spiro atoms. The first-order chi connectivity index (χ1) is 16.5. The van der Waals surface area contributed by atoms with Gasteiger partial charge in [-0.2, -0.15) is 8.78 Å². The molecule has 0 aliphatic carbocycles. The molecule has 172 valence electrons. The summed E-state index contributed by atoms with van der Waals surface area (Å²) in [4.78, 5) is 29.6. The van der Waals surface area contributed by atoms with Crippen LogP contribution in [-0.2, 0) is 4.79 Å². The van der Waals surface area contributed by atoms with Crippen molar-refractivity contribution < 1.29 is 18.3 Å². The van der Waals surface area contributed by atoms with Crippen LogP contribution in [0, 0.1) is 0 Å². The molecule has 8 heteroatoms. The lowest BCUT2D eigenvalue weighted by atomic mass is 10.0. The fourth-order valence-electron chi connectivity index (χ4n) is 4.30. The molecule has 2 N–H and O–H groups in total. The zero-order valence-electron chi connectivity index (χ0n) is 18.0. The largest absolute Gasteiger partial charge is 0.435 e. The van der Waals surface area contributed by atoms with Crippen molar-refractivity contribution in [3.05, 3.63) is 89.3 Å². The van der Waals surface area contributed by atoms with Crippen molar-refractivity contribution in [2.75, 3.05) is 16.8 Å². The third-order valence-electron chi connectivity index (χ3n) is 5.91. The van der Waals surface area contributed by atoms with Gasteiger partial charge in [0.15, 0.2) is 0 Å². The maximum absolute atomic E-state index is 13.0. The summed E-state index contributed by atoms with van der Waals surface area (Å²) >= 11 is 0. The number of alkyl halides is 2. The van der Waals surface area contributed by atoms with Crippen LogP contribution in [0.4, 0.5) is 20.2 Å². The fourth-order valence-corrected chi connectivity index (χ4v) is 4.30. The van der Waals surface area contributed by atoms with E-state index in [1.54, 1.807) is 29.3 Å². The molecule has 0 saturated carbocycles. The molecule has 1 aliphatic heterocycles. The molecule has 1 saturated heterocycles. The van der Waals surface area contributed by atoms with E-state index in [0.717, 1.165) is 22.2 Å². The lowest BCUT2D eigenvalue weighted by Crippen LogP contribution is -2.33. The quantitative estimate of drug-likeness (QED) is 0.423. The topological polar surface area (TPSA) is 74.4 Å². The highest BCUT2D eigenvalue weighted by Gasteiger charge is 2.32. The Morgan fingerprint density at radius 1 is 0.971 bits per heavy atom. The van der Waals surface area contributed by atoms with Crippen LogP contribution < -0.4 is 20.5 Å². The molecular weight excluding hydrogens is 440 g/mol. The van der Waals surface area contributed by atoms with E-state index in [1.807, 2.05) is 42.5 Å². The number of aromatic nitrogens is 1. The van der Waals surface area contributed by atoms with E-state index < -0.39 is 12.7 Å². The number of carbonyl (C=O) groups is 1. The van der Waals surface area contributed by atoms with Crippen molar-refractivity contribution in [1.82, 2.24) is 4.98 Å². The van der Waals surface area contributed by atoms with Gasteiger partial charge in [-0.15, -0.1) is 0 Å². The molecule has 1 aliphatic rings. The molecule has 6 nitrogen and oxygen atoms in total. The van der Waals surface area contributed by atoms with Gasteiger partial charge in [0.05, 0.1) is 0 Å². The number of fused-ring (bicyclic) bond motifs is 1. The Morgan fingerprint density at radius 2 is 1.74 bits per heavy atom. The molecule has 0 bridgehead atoms. The Balaban J connectivity index is 1.33. The SMILES string of the molecule is O=C1C(Nc2cccc(OC(F)F)c2)CCN1c1ccc(-c2c[nH]c(=O)c3ccccc23)cc1. The van der Waals surface area contributed by atoms with Crippen LogP contribution in [0.15, 0.2) is 83.8 Å². The number of ether oxygens (including phenoxy) is 1. The van der Waals surface area contributed by atoms with Crippen molar-refractivity contribution in [3.8, 4) is 16.9 Å². The van der Waals surface area contributed by atoms with Gasteiger partial charge in [-0.05, 0) is 47.7 Å². The minimum absolute atomic E-state index is 0.0349. The van der Waals surface area contributed by atoms with E-state index >= 15 is 0 Å². The smallest absolute Gasteiger partial charge is 0.387 e. The van der Waals surface area contributed by atoms with E-state index in [9.17, 15) is 18.4 Å². The van der Waals surface area contributed by atoms with Crippen LogP contribution in [-0.4, -0.2) is 30.1 Å². The molecule has 1 amide bonds. The summed E-state index contributed by atoms with van der Waals surface area (Å²) < 4.78 is 29.4. The number of amides is 1. The van der Waals surface area contributed by atoms with E-state index in [0.29, 0.717) is 24.0 Å². The second-order valence-electron chi connectivity index (χ2n) is 8.01. The van der Waals surface area contributed by atoms with E-state index in [1.165, 1.54) is 12.1 Å². The number of carbonyl (C=O) groups excluding carboxylic acids is 1. The molecule has 5 rings (SSSR count). The minimum atomic E-state index is -2.91. The average Bonchev–Trinajstić information content (AvgIpc) is 3.19. The van der Waals surface area contributed by atoms with Gasteiger partial charge in [-0.1, -0.05) is 36.4 Å². The molecule has 3 aromatic carbocycles. The van der Waals surface area contributed by atoms with Crippen LogP contribution in [0.25, 0.3) is 21.9 Å². The average molecular weight is 461 g/mol. The predicted molar refractivity (Wildman–Crippen MR) is 127 cm³/mol. The first-order valence-electron chi connectivity index (χ1n) is 10.8. The first-order valence-corrected chi connectivity index (χ1v) is 10.8. The summed E-state index contributed by atoms with van der Waals surface area (Å²) in [6.07, 6.45) is 2.28. The number of nitrogens with zero attached hydrogens (tertiary/aromatic N) is 1. The standard InChI is InChI=1S/C26H21F2N3O3/c27-26(28)34-19-5-3-4-17(14-19)30-23-12-13-31(25(23)33)18-10-8-16(9-11-18)22-15-29-24(32)21-7-2-1-6-20(21)22/h1-11,14-15,23,26,30H,12-13H2,(H,29,32). The van der Waals surface area contributed by atoms with E-state index in [-0.39, 0.29) is 17.2 Å². The highest BCUT2D eigenvalue weighted by molar-refractivity contribution is 6.01. The Morgan fingerprint density at radius 3 is 2.50 bits per heavy atom. The summed E-state index contributed by atoms with van der Waals surface area (Å²) in [5.41, 5.74) is 3.00. The number of anilines is 2. The number of hydrogen-bond donors (Lipinski definition) is 2. The summed E-state index contributed by atoms with van der Waals surface area (Å²) in [7, 11) is 0. The number of halogens is 2. The number of pyridine rings is 1. The molecule has 2 heterocycles. The lowest BCUT2D eigenvalue weighted by molar-refractivity contribution is -0.117. The first kappa shape index (κ1) is 21.6. The van der Waals surface area contributed by atoms with Crippen LogP contribution in [0.3, 0.4) is 0 Å². The van der Waals surface area contributed by atoms with Gasteiger partial charge in [0.1, 0.15) is 11.8 Å². The van der Waals surface area contributed by atoms with Crippen LogP contribution in [0.2, 0.25) is 0 Å². The van der Waals surface area contributed by atoms with Crippen molar-refractivity contribution in [2.45, 2.75) is 19.1 Å². The molecule has 0 radical (unpaired) electrons. The van der Waals surface area contributed by atoms with Gasteiger partial charge in [-0.25, -0.2) is 0 Å². The summed E-state index contributed by atoms with van der Waals surface area (Å²) in [6.45, 7) is -2.37. The number of nitrogens with one attached hydrogen (secondary N) is 2. The summed E-state index contributed by atoms with van der Waals surface area (Å²) in [5.74, 6) is -0.0601. The fraction of sp³-hybridized carbons (Fsp3) is 0.154. The Kier molecular flexibility index (Phi) is 5.71. The molecule has 34 heavy (non-hydrogen) atoms. The zero-order valence-corrected chi connectivity index (χ0v) is 18.0. The van der Waals surface area contributed by atoms with E-state index in [2.05, 4.69) is 15.0 Å². The highest BCUT2D eigenvalue weighted by Crippen LogP contribution is 2.30. The van der Waals surface area contributed by atoms with Crippen molar-refractivity contribution in [3.63, 3.8) is 0 Å². The molecular formula is C26H21F2N3O3. The van der Waals surface area contributed by atoms with Crippen LogP contribution >= 0.6 is 0 Å². The van der Waals surface area contributed by atoms with Crippen molar-refractivity contribution >= 4 is 28.1 Å². The van der Waals surface area contributed by atoms with Crippen molar-refractivity contribution in [2.24, 2.45) is 0 Å². The van der Waals surface area contributed by atoms with Crippen LogP contribution in [0.1, 0.15) is 6.42 Å². The minimum Gasteiger partial charge on any atom is -0.435 e. The molecule has 1 aromatic heterocycles. The maximum atomic E-state index is 13.0. The number of hydrogen-bond acceptors (Lipinski definition) is 4. The van der Waals surface area contributed by atoms with Gasteiger partial charge < -0.3 is 19.9 Å².